The zero-order valence-electron chi connectivity index (χ0n) is 19.9. The molecule has 186 valence electrons. The van der Waals surface area contributed by atoms with E-state index in [4.69, 9.17) is 14.2 Å². The molecule has 35 heavy (non-hydrogen) atoms. The summed E-state index contributed by atoms with van der Waals surface area (Å²) in [6.07, 6.45) is 8.03. The Labute approximate surface area is 202 Å². The van der Waals surface area contributed by atoms with Crippen molar-refractivity contribution in [2.45, 2.75) is 44.8 Å². The number of likely N-dealkylation sites (tertiary alicyclic amines) is 1. The van der Waals surface area contributed by atoms with Crippen molar-refractivity contribution in [3.8, 4) is 28.5 Å². The summed E-state index contributed by atoms with van der Waals surface area (Å²) in [7, 11) is 3.52. The van der Waals surface area contributed by atoms with Crippen molar-refractivity contribution in [2.24, 2.45) is 5.92 Å². The minimum Gasteiger partial charge on any atom is -0.496 e. The maximum Gasteiger partial charge on any atom is 0.387 e. The summed E-state index contributed by atoms with van der Waals surface area (Å²) in [6, 6.07) is 7.23. The van der Waals surface area contributed by atoms with Gasteiger partial charge in [0, 0.05) is 30.3 Å². The standard InChI is InChI=1S/C26H29F2N3O4/c1-30-8-3-4-18(30)15-34-19-7-9-31-20(14-29-24(31)13-19)17-11-22(33-2)25(21(32)10-16-5-6-16)23(12-17)35-26(27)28/h7,9,11-14,16,18,26H,3-6,8,10,15H2,1-2H3. The molecule has 0 N–H and O–H groups in total. The lowest BCUT2D eigenvalue weighted by Gasteiger charge is -2.19. The lowest BCUT2D eigenvalue weighted by molar-refractivity contribution is -0.0502. The Morgan fingerprint density at radius 3 is 2.69 bits per heavy atom. The van der Waals surface area contributed by atoms with Gasteiger partial charge in [0.2, 0.25) is 0 Å². The molecule has 7 nitrogen and oxygen atoms in total. The van der Waals surface area contributed by atoms with E-state index in [0.717, 1.165) is 31.6 Å². The number of fused-ring (bicyclic) bond motifs is 1. The predicted molar refractivity (Wildman–Crippen MR) is 127 cm³/mol. The van der Waals surface area contributed by atoms with Crippen LogP contribution in [0.15, 0.2) is 36.7 Å². The molecule has 3 aromatic rings. The third-order valence-corrected chi connectivity index (χ3v) is 6.85. The molecule has 0 bridgehead atoms. The van der Waals surface area contributed by atoms with E-state index in [1.54, 1.807) is 12.3 Å². The number of ketones is 1. The van der Waals surface area contributed by atoms with Gasteiger partial charge in [-0.25, -0.2) is 4.98 Å². The number of hydrogen-bond donors (Lipinski definition) is 0. The molecule has 3 heterocycles. The van der Waals surface area contributed by atoms with E-state index < -0.39 is 6.61 Å². The number of methoxy groups -OCH3 is 1. The molecular weight excluding hydrogens is 456 g/mol. The average Bonchev–Trinajstić information content (AvgIpc) is 3.39. The number of aromatic nitrogens is 2. The number of ether oxygens (including phenoxy) is 3. The number of alkyl halides is 2. The van der Waals surface area contributed by atoms with E-state index in [1.165, 1.54) is 19.6 Å². The van der Waals surface area contributed by atoms with Crippen molar-refractivity contribution in [1.29, 1.82) is 0 Å². The van der Waals surface area contributed by atoms with Crippen molar-refractivity contribution in [3.05, 3.63) is 42.2 Å². The van der Waals surface area contributed by atoms with Crippen LogP contribution < -0.4 is 14.2 Å². The van der Waals surface area contributed by atoms with Gasteiger partial charge in [-0.3, -0.25) is 9.20 Å². The van der Waals surface area contributed by atoms with Crippen LogP contribution in [0.5, 0.6) is 17.2 Å². The first-order valence-corrected chi connectivity index (χ1v) is 11.9. The highest BCUT2D eigenvalue weighted by atomic mass is 19.3. The minimum absolute atomic E-state index is 0.0600. The van der Waals surface area contributed by atoms with E-state index in [2.05, 4.69) is 16.9 Å². The van der Waals surface area contributed by atoms with Crippen LogP contribution in [-0.2, 0) is 0 Å². The van der Waals surface area contributed by atoms with Crippen molar-refractivity contribution >= 4 is 11.4 Å². The average molecular weight is 486 g/mol. The lowest BCUT2D eigenvalue weighted by atomic mass is 10.00. The summed E-state index contributed by atoms with van der Waals surface area (Å²) in [5, 5.41) is 0. The van der Waals surface area contributed by atoms with Gasteiger partial charge in [0.1, 0.15) is 35.1 Å². The molecule has 0 spiro atoms. The lowest BCUT2D eigenvalue weighted by Crippen LogP contribution is -2.30. The van der Waals surface area contributed by atoms with Crippen LogP contribution in [-0.4, -0.2) is 60.0 Å². The Kier molecular flexibility index (Phi) is 6.60. The summed E-state index contributed by atoms with van der Waals surface area (Å²) >= 11 is 0. The second kappa shape index (κ2) is 9.81. The summed E-state index contributed by atoms with van der Waals surface area (Å²) < 4.78 is 44.6. The van der Waals surface area contributed by atoms with Crippen molar-refractivity contribution in [3.63, 3.8) is 0 Å². The molecule has 1 unspecified atom stereocenters. The Morgan fingerprint density at radius 1 is 1.20 bits per heavy atom. The summed E-state index contributed by atoms with van der Waals surface area (Å²) in [4.78, 5) is 19.6. The van der Waals surface area contributed by atoms with Crippen LogP contribution >= 0.6 is 0 Å². The van der Waals surface area contributed by atoms with Crippen LogP contribution in [0.25, 0.3) is 16.9 Å². The molecule has 1 aromatic carbocycles. The first kappa shape index (κ1) is 23.5. The topological polar surface area (TPSA) is 65.3 Å². The number of likely N-dealkylation sites (N-methyl/N-ethyl adjacent to an activating group) is 1. The zero-order chi connectivity index (χ0) is 24.5. The second-order valence-electron chi connectivity index (χ2n) is 9.32. The maximum atomic E-state index is 13.2. The molecule has 2 aliphatic rings. The first-order valence-electron chi connectivity index (χ1n) is 11.9. The van der Waals surface area contributed by atoms with Crippen LogP contribution in [0.1, 0.15) is 42.5 Å². The number of benzene rings is 1. The molecule has 1 atom stereocenters. The highest BCUT2D eigenvalue weighted by Crippen LogP contribution is 2.40. The number of imidazole rings is 1. The third kappa shape index (κ3) is 5.10. The SMILES string of the molecule is COc1cc(-c2cnc3cc(OCC4CCCN4C)ccn23)cc(OC(F)F)c1C(=O)CC1CC1. The molecule has 9 heteroatoms. The predicted octanol–water partition coefficient (Wildman–Crippen LogP) is 5.07. The number of carbonyl (C=O) groups is 1. The van der Waals surface area contributed by atoms with Gasteiger partial charge in [-0.15, -0.1) is 0 Å². The number of hydrogen-bond acceptors (Lipinski definition) is 6. The van der Waals surface area contributed by atoms with Gasteiger partial charge in [-0.05, 0) is 63.4 Å². The van der Waals surface area contributed by atoms with Crippen molar-refractivity contribution < 1.29 is 27.8 Å². The third-order valence-electron chi connectivity index (χ3n) is 6.85. The number of Topliss-reactive ketones (excluding diaryl/α,β-unsaturated/α-hetero) is 1. The molecule has 0 amide bonds. The number of carbonyl (C=O) groups excluding carboxylic acids is 1. The Bertz CT molecular complexity index is 1220. The Morgan fingerprint density at radius 2 is 2.00 bits per heavy atom. The van der Waals surface area contributed by atoms with Crippen LogP contribution in [0, 0.1) is 5.92 Å². The molecule has 1 aliphatic carbocycles. The Balaban J connectivity index is 1.45. The molecule has 1 saturated heterocycles. The second-order valence-corrected chi connectivity index (χ2v) is 9.32. The van der Waals surface area contributed by atoms with Crippen molar-refractivity contribution in [1.82, 2.24) is 14.3 Å². The molecule has 1 saturated carbocycles. The van der Waals surface area contributed by atoms with Crippen LogP contribution in [0.2, 0.25) is 0 Å². The van der Waals surface area contributed by atoms with Gasteiger partial charge in [0.25, 0.3) is 0 Å². The summed E-state index contributed by atoms with van der Waals surface area (Å²) in [5.41, 5.74) is 1.92. The Hall–Kier alpha value is -3.20. The van der Waals surface area contributed by atoms with Gasteiger partial charge in [0.05, 0.1) is 19.0 Å². The fourth-order valence-corrected chi connectivity index (χ4v) is 4.70. The molecule has 0 radical (unpaired) electrons. The summed E-state index contributed by atoms with van der Waals surface area (Å²) in [6.45, 7) is -1.37. The van der Waals surface area contributed by atoms with Gasteiger partial charge in [0.15, 0.2) is 5.78 Å². The largest absolute Gasteiger partial charge is 0.496 e. The van der Waals surface area contributed by atoms with E-state index in [9.17, 15) is 13.6 Å². The number of rotatable bonds is 10. The van der Waals surface area contributed by atoms with Crippen molar-refractivity contribution in [2.75, 3.05) is 27.3 Å². The first-order chi connectivity index (χ1) is 16.9. The van der Waals surface area contributed by atoms with E-state index in [0.29, 0.717) is 41.9 Å². The minimum atomic E-state index is -3.07. The molecule has 2 aromatic heterocycles. The van der Waals surface area contributed by atoms with Gasteiger partial charge >= 0.3 is 6.61 Å². The van der Waals surface area contributed by atoms with Crippen LogP contribution in [0.3, 0.4) is 0 Å². The fraction of sp³-hybridized carbons (Fsp3) is 0.462. The molecule has 1 aliphatic heterocycles. The maximum absolute atomic E-state index is 13.2. The van der Waals surface area contributed by atoms with E-state index in [-0.39, 0.29) is 22.8 Å². The van der Waals surface area contributed by atoms with Gasteiger partial charge in [-0.1, -0.05) is 0 Å². The smallest absolute Gasteiger partial charge is 0.387 e. The number of nitrogens with zero attached hydrogens (tertiary/aromatic N) is 3. The quantitative estimate of drug-likeness (QED) is 0.374. The van der Waals surface area contributed by atoms with Gasteiger partial charge < -0.3 is 19.1 Å². The van der Waals surface area contributed by atoms with Crippen LogP contribution in [0.4, 0.5) is 8.78 Å². The fourth-order valence-electron chi connectivity index (χ4n) is 4.70. The molecule has 5 rings (SSSR count). The molecular formula is C26H29F2N3O4. The highest BCUT2D eigenvalue weighted by Gasteiger charge is 2.30. The van der Waals surface area contributed by atoms with E-state index in [1.807, 2.05) is 22.7 Å². The normalized spacial score (nSPS) is 18.4. The van der Waals surface area contributed by atoms with Gasteiger partial charge in [-0.2, -0.15) is 8.78 Å². The van der Waals surface area contributed by atoms with E-state index >= 15 is 0 Å². The number of pyridine rings is 1. The zero-order valence-corrected chi connectivity index (χ0v) is 19.9. The highest BCUT2D eigenvalue weighted by molar-refractivity contribution is 6.02. The monoisotopic (exact) mass is 485 g/mol. The summed E-state index contributed by atoms with van der Waals surface area (Å²) in [5.74, 6) is 0.792. The number of halogens is 2. The molecule has 2 fully saturated rings.